The second-order valence-electron chi connectivity index (χ2n) is 6.78. The number of nitrogens with one attached hydrogen (secondary N) is 1. The van der Waals surface area contributed by atoms with E-state index in [0.717, 1.165) is 12.8 Å². The third-order valence-corrected chi connectivity index (χ3v) is 4.13. The minimum atomic E-state index is -0.694. The molecule has 2 N–H and O–H groups in total. The molecule has 2 rings (SSSR count). The Morgan fingerprint density at radius 2 is 1.84 bits per heavy atom. The van der Waals surface area contributed by atoms with Gasteiger partial charge in [0.05, 0.1) is 5.60 Å². The monoisotopic (exact) mass is 271 g/mol. The van der Waals surface area contributed by atoms with Gasteiger partial charge in [0.25, 0.3) is 0 Å². The molecule has 0 aromatic carbocycles. The summed E-state index contributed by atoms with van der Waals surface area (Å²) in [6.07, 6.45) is 2.82. The lowest BCUT2D eigenvalue weighted by molar-refractivity contribution is -0.108. The molecule has 1 aliphatic heterocycles. The van der Waals surface area contributed by atoms with E-state index in [9.17, 15) is 9.90 Å². The molecule has 0 radical (unpaired) electrons. The Bertz CT molecular complexity index is 338. The molecule has 2 fully saturated rings. The fourth-order valence-electron chi connectivity index (χ4n) is 2.75. The molecule has 0 aromatic heterocycles. The van der Waals surface area contributed by atoms with Crippen LogP contribution in [0.25, 0.3) is 0 Å². The molecule has 1 aliphatic carbocycles. The first kappa shape index (κ1) is 14.6. The SMILES string of the molecule is CC(C)(C)OC(=O)NCC1(C2(O)CCOCC2)CC1. The lowest BCUT2D eigenvalue weighted by atomic mass is 9.78. The van der Waals surface area contributed by atoms with Gasteiger partial charge in [0.15, 0.2) is 0 Å². The normalized spacial score (nSPS) is 24.6. The Kier molecular flexibility index (Phi) is 3.80. The average molecular weight is 271 g/mol. The van der Waals surface area contributed by atoms with Crippen molar-refractivity contribution in [1.29, 1.82) is 0 Å². The van der Waals surface area contributed by atoms with Crippen molar-refractivity contribution < 1.29 is 19.4 Å². The number of ether oxygens (including phenoxy) is 2. The predicted octanol–water partition coefficient (Wildman–Crippen LogP) is 1.83. The summed E-state index contributed by atoms with van der Waals surface area (Å²) < 4.78 is 10.5. The molecule has 0 atom stereocenters. The molecule has 5 heteroatoms. The van der Waals surface area contributed by atoms with Gasteiger partial charge in [0, 0.05) is 38.0 Å². The van der Waals surface area contributed by atoms with Gasteiger partial charge in [-0.05, 0) is 33.6 Å². The maximum Gasteiger partial charge on any atom is 0.407 e. The fourth-order valence-corrected chi connectivity index (χ4v) is 2.75. The van der Waals surface area contributed by atoms with Gasteiger partial charge in [0.1, 0.15) is 5.60 Å². The summed E-state index contributed by atoms with van der Waals surface area (Å²) in [6, 6.07) is 0. The lowest BCUT2D eigenvalue weighted by Gasteiger charge is -2.39. The first-order valence-corrected chi connectivity index (χ1v) is 7.03. The number of carbonyl (C=O) groups excluding carboxylic acids is 1. The van der Waals surface area contributed by atoms with Crippen LogP contribution >= 0.6 is 0 Å². The standard InChI is InChI=1S/C14H25NO4/c1-12(2,3)19-11(16)15-10-13(4-5-13)14(17)6-8-18-9-7-14/h17H,4-10H2,1-3H3,(H,15,16). The third kappa shape index (κ3) is 3.39. The van der Waals surface area contributed by atoms with E-state index in [4.69, 9.17) is 9.47 Å². The molecule has 0 unspecified atom stereocenters. The summed E-state index contributed by atoms with van der Waals surface area (Å²) in [6.45, 7) is 7.20. The minimum absolute atomic E-state index is 0.173. The highest BCUT2D eigenvalue weighted by atomic mass is 16.6. The van der Waals surface area contributed by atoms with Gasteiger partial charge in [-0.2, -0.15) is 0 Å². The Hall–Kier alpha value is -0.810. The van der Waals surface area contributed by atoms with Gasteiger partial charge in [-0.15, -0.1) is 0 Å². The molecule has 1 saturated carbocycles. The molecule has 1 saturated heterocycles. The third-order valence-electron chi connectivity index (χ3n) is 4.13. The topological polar surface area (TPSA) is 67.8 Å². The van der Waals surface area contributed by atoms with Gasteiger partial charge < -0.3 is 19.9 Å². The molecule has 0 spiro atoms. The number of hydrogen-bond donors (Lipinski definition) is 2. The highest BCUT2D eigenvalue weighted by Gasteiger charge is 2.58. The van der Waals surface area contributed by atoms with Gasteiger partial charge in [-0.1, -0.05) is 0 Å². The Morgan fingerprint density at radius 3 is 2.32 bits per heavy atom. The van der Waals surface area contributed by atoms with E-state index in [0.29, 0.717) is 32.6 Å². The van der Waals surface area contributed by atoms with Crippen molar-refractivity contribution in [3.63, 3.8) is 0 Å². The van der Waals surface area contributed by atoms with Crippen LogP contribution in [0, 0.1) is 5.41 Å². The van der Waals surface area contributed by atoms with Crippen molar-refractivity contribution >= 4 is 6.09 Å². The van der Waals surface area contributed by atoms with E-state index in [1.165, 1.54) is 0 Å². The number of aliphatic hydroxyl groups is 1. The van der Waals surface area contributed by atoms with Crippen molar-refractivity contribution in [1.82, 2.24) is 5.32 Å². The largest absolute Gasteiger partial charge is 0.444 e. The Labute approximate surface area is 114 Å². The number of amides is 1. The molecule has 1 heterocycles. The first-order chi connectivity index (χ1) is 8.77. The van der Waals surface area contributed by atoms with Crippen LogP contribution in [0.3, 0.4) is 0 Å². The average Bonchev–Trinajstić information content (AvgIpc) is 3.06. The summed E-state index contributed by atoms with van der Waals surface area (Å²) in [5.41, 5.74) is -1.36. The van der Waals surface area contributed by atoms with E-state index >= 15 is 0 Å². The smallest absolute Gasteiger partial charge is 0.407 e. The maximum absolute atomic E-state index is 11.7. The maximum atomic E-state index is 11.7. The fraction of sp³-hybridized carbons (Fsp3) is 0.929. The second kappa shape index (κ2) is 4.94. The Morgan fingerprint density at radius 1 is 1.26 bits per heavy atom. The lowest BCUT2D eigenvalue weighted by Crippen LogP contribution is -2.50. The molecular weight excluding hydrogens is 246 g/mol. The first-order valence-electron chi connectivity index (χ1n) is 7.03. The van der Waals surface area contributed by atoms with Crippen LogP contribution in [0.4, 0.5) is 4.79 Å². The van der Waals surface area contributed by atoms with E-state index in [1.807, 2.05) is 20.8 Å². The van der Waals surface area contributed by atoms with Crippen molar-refractivity contribution in [2.75, 3.05) is 19.8 Å². The molecule has 2 aliphatic rings. The Balaban J connectivity index is 1.86. The summed E-state index contributed by atoms with van der Waals surface area (Å²) in [5, 5.41) is 13.5. The van der Waals surface area contributed by atoms with Gasteiger partial charge in [0.2, 0.25) is 0 Å². The van der Waals surface area contributed by atoms with Crippen molar-refractivity contribution in [2.24, 2.45) is 5.41 Å². The number of hydrogen-bond acceptors (Lipinski definition) is 4. The van der Waals surface area contributed by atoms with Gasteiger partial charge in [-0.3, -0.25) is 0 Å². The van der Waals surface area contributed by atoms with Crippen molar-refractivity contribution in [2.45, 2.75) is 57.7 Å². The number of alkyl carbamates (subject to hydrolysis) is 1. The molecule has 1 amide bonds. The van der Waals surface area contributed by atoms with Crippen LogP contribution < -0.4 is 5.32 Å². The molecule has 0 aromatic rings. The van der Waals surface area contributed by atoms with E-state index < -0.39 is 17.3 Å². The van der Waals surface area contributed by atoms with Crippen LogP contribution in [-0.2, 0) is 9.47 Å². The van der Waals surface area contributed by atoms with Crippen LogP contribution in [0.1, 0.15) is 46.5 Å². The van der Waals surface area contributed by atoms with E-state index in [2.05, 4.69) is 5.32 Å². The second-order valence-corrected chi connectivity index (χ2v) is 6.78. The van der Waals surface area contributed by atoms with Crippen LogP contribution in [0.2, 0.25) is 0 Å². The zero-order valence-corrected chi connectivity index (χ0v) is 12.1. The summed E-state index contributed by atoms with van der Waals surface area (Å²) in [7, 11) is 0. The van der Waals surface area contributed by atoms with Crippen molar-refractivity contribution in [3.05, 3.63) is 0 Å². The molecule has 110 valence electrons. The van der Waals surface area contributed by atoms with Crippen LogP contribution in [-0.4, -0.2) is 42.2 Å². The number of rotatable bonds is 3. The van der Waals surface area contributed by atoms with Gasteiger partial charge in [-0.25, -0.2) is 4.79 Å². The predicted molar refractivity (Wildman–Crippen MR) is 70.9 cm³/mol. The van der Waals surface area contributed by atoms with E-state index in [-0.39, 0.29) is 5.41 Å². The molecule has 19 heavy (non-hydrogen) atoms. The summed E-state index contributed by atoms with van der Waals surface area (Å²) in [5.74, 6) is 0. The molecule has 0 bridgehead atoms. The minimum Gasteiger partial charge on any atom is -0.444 e. The molecular formula is C14H25NO4. The quantitative estimate of drug-likeness (QED) is 0.822. The zero-order chi connectivity index (χ0) is 14.1. The van der Waals surface area contributed by atoms with Crippen molar-refractivity contribution in [3.8, 4) is 0 Å². The van der Waals surface area contributed by atoms with E-state index in [1.54, 1.807) is 0 Å². The highest BCUT2D eigenvalue weighted by molar-refractivity contribution is 5.67. The zero-order valence-electron chi connectivity index (χ0n) is 12.1. The van der Waals surface area contributed by atoms with Gasteiger partial charge >= 0.3 is 6.09 Å². The van der Waals surface area contributed by atoms with Crippen LogP contribution in [0.5, 0.6) is 0 Å². The molecule has 5 nitrogen and oxygen atoms in total. The summed E-state index contributed by atoms with van der Waals surface area (Å²) in [4.78, 5) is 11.7. The highest BCUT2D eigenvalue weighted by Crippen LogP contribution is 2.57. The summed E-state index contributed by atoms with van der Waals surface area (Å²) >= 11 is 0. The van der Waals surface area contributed by atoms with Crippen LogP contribution in [0.15, 0.2) is 0 Å². The number of carbonyl (C=O) groups is 1.